The van der Waals surface area contributed by atoms with Crippen molar-refractivity contribution in [2.75, 3.05) is 26.3 Å². The average molecular weight is 340 g/mol. The number of imidazole rings is 1. The standard InChI is InChI=1S/C16H16N6O3/c17-16(24)22-4-3-12(20-22)14-18-11-2-1-10(9-13(11)19-14)15(23)21-5-7-25-8-6-21/h1-4,9H,5-8H2,(H2,17,24)(H,18,19). The van der Waals surface area contributed by atoms with Crippen LogP contribution in [0.2, 0.25) is 0 Å². The van der Waals surface area contributed by atoms with Gasteiger partial charge in [0.2, 0.25) is 0 Å². The fraction of sp³-hybridized carbons (Fsp3) is 0.250. The molecule has 1 aromatic carbocycles. The summed E-state index contributed by atoms with van der Waals surface area (Å²) >= 11 is 0. The number of rotatable bonds is 2. The summed E-state index contributed by atoms with van der Waals surface area (Å²) < 4.78 is 6.31. The SMILES string of the molecule is NC(=O)n1ccc(-c2nc3ccc(C(=O)N4CCOCC4)cc3[nH]2)n1. The van der Waals surface area contributed by atoms with Gasteiger partial charge in [-0.1, -0.05) is 0 Å². The molecule has 0 bridgehead atoms. The number of H-pyrrole nitrogens is 1. The Labute approximate surface area is 142 Å². The third-order valence-electron chi connectivity index (χ3n) is 4.08. The molecule has 3 heterocycles. The van der Waals surface area contributed by atoms with Gasteiger partial charge < -0.3 is 20.4 Å². The maximum atomic E-state index is 12.6. The smallest absolute Gasteiger partial charge is 0.339 e. The monoisotopic (exact) mass is 340 g/mol. The van der Waals surface area contributed by atoms with E-state index in [2.05, 4.69) is 15.1 Å². The van der Waals surface area contributed by atoms with Crippen LogP contribution in [0.3, 0.4) is 0 Å². The van der Waals surface area contributed by atoms with Gasteiger partial charge in [0.1, 0.15) is 5.69 Å². The number of primary amides is 1. The molecule has 0 saturated carbocycles. The highest BCUT2D eigenvalue weighted by molar-refractivity contribution is 5.97. The number of carbonyl (C=O) groups is 2. The molecule has 1 fully saturated rings. The van der Waals surface area contributed by atoms with E-state index in [4.69, 9.17) is 10.5 Å². The number of nitrogens with two attached hydrogens (primary N) is 1. The van der Waals surface area contributed by atoms with Crippen LogP contribution in [0.1, 0.15) is 10.4 Å². The summed E-state index contributed by atoms with van der Waals surface area (Å²) in [5.41, 5.74) is 7.71. The lowest BCUT2D eigenvalue weighted by Crippen LogP contribution is -2.40. The van der Waals surface area contributed by atoms with Gasteiger partial charge in [0, 0.05) is 24.8 Å². The van der Waals surface area contributed by atoms with E-state index in [1.807, 2.05) is 0 Å². The predicted molar refractivity (Wildman–Crippen MR) is 89.0 cm³/mol. The van der Waals surface area contributed by atoms with Crippen molar-refractivity contribution in [3.8, 4) is 11.5 Å². The van der Waals surface area contributed by atoms with Gasteiger partial charge >= 0.3 is 6.03 Å². The summed E-state index contributed by atoms with van der Waals surface area (Å²) in [5.74, 6) is 0.477. The number of hydrogen-bond acceptors (Lipinski definition) is 5. The summed E-state index contributed by atoms with van der Waals surface area (Å²) in [6, 6.07) is 6.29. The number of morpholine rings is 1. The Morgan fingerprint density at radius 3 is 2.72 bits per heavy atom. The molecule has 3 N–H and O–H groups in total. The third kappa shape index (κ3) is 2.85. The molecule has 3 aromatic rings. The number of nitrogens with one attached hydrogen (secondary N) is 1. The van der Waals surface area contributed by atoms with Gasteiger partial charge in [-0.2, -0.15) is 9.78 Å². The van der Waals surface area contributed by atoms with Crippen LogP contribution < -0.4 is 5.73 Å². The Hall–Kier alpha value is -3.20. The molecule has 2 amide bonds. The van der Waals surface area contributed by atoms with E-state index in [-0.39, 0.29) is 5.91 Å². The van der Waals surface area contributed by atoms with Crippen molar-refractivity contribution in [2.45, 2.75) is 0 Å². The fourth-order valence-corrected chi connectivity index (χ4v) is 2.79. The van der Waals surface area contributed by atoms with Crippen LogP contribution in [0.15, 0.2) is 30.5 Å². The van der Waals surface area contributed by atoms with Crippen molar-refractivity contribution in [3.63, 3.8) is 0 Å². The van der Waals surface area contributed by atoms with E-state index in [0.717, 1.165) is 10.2 Å². The van der Waals surface area contributed by atoms with Gasteiger partial charge in [0.15, 0.2) is 5.82 Å². The van der Waals surface area contributed by atoms with Crippen LogP contribution in [0.4, 0.5) is 4.79 Å². The molecule has 0 aliphatic carbocycles. The van der Waals surface area contributed by atoms with Crippen molar-refractivity contribution >= 4 is 23.0 Å². The second-order valence-corrected chi connectivity index (χ2v) is 5.71. The van der Waals surface area contributed by atoms with Gasteiger partial charge in [0.25, 0.3) is 5.91 Å². The number of hydrogen-bond donors (Lipinski definition) is 2. The molecule has 1 aliphatic rings. The zero-order valence-corrected chi connectivity index (χ0v) is 13.3. The van der Waals surface area contributed by atoms with Crippen molar-refractivity contribution in [1.29, 1.82) is 0 Å². The molecule has 2 aromatic heterocycles. The molecular formula is C16H16N6O3. The highest BCUT2D eigenvalue weighted by atomic mass is 16.5. The normalized spacial score (nSPS) is 14.8. The Kier molecular flexibility index (Phi) is 3.69. The highest BCUT2D eigenvalue weighted by Crippen LogP contribution is 2.21. The number of fused-ring (bicyclic) bond motifs is 1. The molecule has 4 rings (SSSR count). The van der Waals surface area contributed by atoms with Crippen LogP contribution in [-0.4, -0.2) is 62.9 Å². The molecule has 9 heteroatoms. The number of carbonyl (C=O) groups excluding carboxylic acids is 2. The Morgan fingerprint density at radius 2 is 2.00 bits per heavy atom. The van der Waals surface area contributed by atoms with Crippen molar-refractivity contribution < 1.29 is 14.3 Å². The number of aromatic amines is 1. The summed E-state index contributed by atoms with van der Waals surface area (Å²) in [7, 11) is 0. The summed E-state index contributed by atoms with van der Waals surface area (Å²) in [4.78, 5) is 33.0. The molecule has 128 valence electrons. The van der Waals surface area contributed by atoms with Crippen LogP contribution >= 0.6 is 0 Å². The van der Waals surface area contributed by atoms with Crippen LogP contribution in [0.25, 0.3) is 22.6 Å². The highest BCUT2D eigenvalue weighted by Gasteiger charge is 2.19. The number of aromatic nitrogens is 4. The van der Waals surface area contributed by atoms with Crippen LogP contribution in [-0.2, 0) is 4.74 Å². The molecule has 0 spiro atoms. The summed E-state index contributed by atoms with van der Waals surface area (Å²) in [6.07, 6.45) is 1.47. The summed E-state index contributed by atoms with van der Waals surface area (Å²) in [6.45, 7) is 2.31. The molecule has 1 aliphatic heterocycles. The number of ether oxygens (including phenoxy) is 1. The lowest BCUT2D eigenvalue weighted by atomic mass is 10.1. The third-order valence-corrected chi connectivity index (χ3v) is 4.08. The molecule has 0 unspecified atom stereocenters. The first-order valence-corrected chi connectivity index (χ1v) is 7.84. The Balaban J connectivity index is 1.64. The summed E-state index contributed by atoms with van der Waals surface area (Å²) in [5, 5.41) is 4.07. The van der Waals surface area contributed by atoms with Crippen LogP contribution in [0.5, 0.6) is 0 Å². The molecule has 1 saturated heterocycles. The fourth-order valence-electron chi connectivity index (χ4n) is 2.79. The van der Waals surface area contributed by atoms with E-state index in [9.17, 15) is 9.59 Å². The lowest BCUT2D eigenvalue weighted by molar-refractivity contribution is 0.0303. The van der Waals surface area contributed by atoms with Crippen molar-refractivity contribution in [1.82, 2.24) is 24.6 Å². The second kappa shape index (κ2) is 6.02. The molecular weight excluding hydrogens is 324 g/mol. The first kappa shape index (κ1) is 15.3. The Morgan fingerprint density at radius 1 is 1.20 bits per heavy atom. The van der Waals surface area contributed by atoms with Gasteiger partial charge in [-0.15, -0.1) is 0 Å². The van der Waals surface area contributed by atoms with Gasteiger partial charge in [-0.05, 0) is 24.3 Å². The van der Waals surface area contributed by atoms with Crippen molar-refractivity contribution in [3.05, 3.63) is 36.0 Å². The number of benzene rings is 1. The van der Waals surface area contributed by atoms with E-state index >= 15 is 0 Å². The number of nitrogens with zero attached hydrogens (tertiary/aromatic N) is 4. The Bertz CT molecular complexity index is 954. The van der Waals surface area contributed by atoms with Gasteiger partial charge in [-0.25, -0.2) is 9.78 Å². The minimum Gasteiger partial charge on any atom is -0.378 e. The van der Waals surface area contributed by atoms with E-state index in [1.54, 1.807) is 29.2 Å². The minimum atomic E-state index is -0.666. The topological polar surface area (TPSA) is 119 Å². The van der Waals surface area contributed by atoms with E-state index < -0.39 is 6.03 Å². The molecule has 0 radical (unpaired) electrons. The second-order valence-electron chi connectivity index (χ2n) is 5.71. The lowest BCUT2D eigenvalue weighted by Gasteiger charge is -2.26. The van der Waals surface area contributed by atoms with Gasteiger partial charge in [-0.3, -0.25) is 4.79 Å². The number of amides is 2. The average Bonchev–Trinajstić information content (AvgIpc) is 3.28. The van der Waals surface area contributed by atoms with Crippen LogP contribution in [0, 0.1) is 0 Å². The largest absolute Gasteiger partial charge is 0.378 e. The zero-order valence-electron chi connectivity index (χ0n) is 13.3. The maximum absolute atomic E-state index is 12.6. The van der Waals surface area contributed by atoms with E-state index in [0.29, 0.717) is 48.9 Å². The first-order chi connectivity index (χ1) is 12.1. The minimum absolute atomic E-state index is 0.0284. The quantitative estimate of drug-likeness (QED) is 0.716. The van der Waals surface area contributed by atoms with E-state index in [1.165, 1.54) is 6.20 Å². The first-order valence-electron chi connectivity index (χ1n) is 7.84. The maximum Gasteiger partial charge on any atom is 0.339 e. The predicted octanol–water partition coefficient (Wildman–Crippen LogP) is 0.826. The molecule has 9 nitrogen and oxygen atoms in total. The molecule has 25 heavy (non-hydrogen) atoms. The van der Waals surface area contributed by atoms with Crippen molar-refractivity contribution in [2.24, 2.45) is 5.73 Å². The molecule has 0 atom stereocenters. The zero-order chi connectivity index (χ0) is 17.4. The van der Waals surface area contributed by atoms with Gasteiger partial charge in [0.05, 0.1) is 24.2 Å².